The van der Waals surface area contributed by atoms with Crippen molar-refractivity contribution in [2.75, 3.05) is 13.2 Å². The fourth-order valence-corrected chi connectivity index (χ4v) is 1.63. The van der Waals surface area contributed by atoms with Gasteiger partial charge in [-0.05, 0) is 36.8 Å². The highest BCUT2D eigenvalue weighted by Crippen LogP contribution is 2.20. The van der Waals surface area contributed by atoms with Gasteiger partial charge in [-0.25, -0.2) is 0 Å². The molecule has 2 rings (SSSR count). The Labute approximate surface area is 107 Å². The molecule has 0 heterocycles. The van der Waals surface area contributed by atoms with Crippen LogP contribution in [-0.4, -0.2) is 18.9 Å². The fourth-order valence-electron chi connectivity index (χ4n) is 1.63. The van der Waals surface area contributed by atoms with Crippen molar-refractivity contribution in [3.8, 4) is 5.75 Å². The molecule has 3 nitrogen and oxygen atoms in total. The summed E-state index contributed by atoms with van der Waals surface area (Å²) in [7, 11) is 0. The smallest absolute Gasteiger partial charge is 0.151 e. The normalized spacial score (nSPS) is 10.1. The van der Waals surface area contributed by atoms with Gasteiger partial charge in [0.15, 0.2) is 6.61 Å². The molecule has 2 aromatic rings. The summed E-state index contributed by atoms with van der Waals surface area (Å²) in [5.41, 5.74) is 0.903. The highest BCUT2D eigenvalue weighted by molar-refractivity contribution is 5.83. The Morgan fingerprint density at radius 1 is 1.00 bits per heavy atom. The summed E-state index contributed by atoms with van der Waals surface area (Å²) >= 11 is 0. The Bertz CT molecular complexity index is 545. The summed E-state index contributed by atoms with van der Waals surface area (Å²) in [4.78, 5) is 5.07. The summed E-state index contributed by atoms with van der Waals surface area (Å²) < 4.78 is 5.60. The van der Waals surface area contributed by atoms with Gasteiger partial charge < -0.3 is 9.57 Å². The maximum atomic E-state index is 5.60. The monoisotopic (exact) mass is 243 g/mol. The molecular formula is C15H17NO2. The van der Waals surface area contributed by atoms with Crippen molar-refractivity contribution in [1.82, 2.24) is 0 Å². The molecule has 0 amide bonds. The Kier molecular flexibility index (Phi) is 4.18. The molecular weight excluding hydrogens is 226 g/mol. The molecule has 0 aromatic heterocycles. The minimum Gasteiger partial charge on any atom is -0.490 e. The van der Waals surface area contributed by atoms with Gasteiger partial charge in [0.25, 0.3) is 0 Å². The maximum absolute atomic E-state index is 5.60. The van der Waals surface area contributed by atoms with E-state index in [2.05, 4.69) is 23.4 Å². The summed E-state index contributed by atoms with van der Waals surface area (Å²) in [5, 5.41) is 6.24. The maximum Gasteiger partial charge on any atom is 0.151 e. The first-order valence-corrected chi connectivity index (χ1v) is 6.00. The lowest BCUT2D eigenvalue weighted by atomic mass is 10.1. The van der Waals surface area contributed by atoms with Gasteiger partial charge in [0.05, 0.1) is 5.71 Å². The second-order valence-corrected chi connectivity index (χ2v) is 4.23. The van der Waals surface area contributed by atoms with Crippen molar-refractivity contribution in [2.24, 2.45) is 5.16 Å². The third-order valence-corrected chi connectivity index (χ3v) is 2.41. The number of hydrogen-bond acceptors (Lipinski definition) is 3. The quantitative estimate of drug-likeness (QED) is 0.456. The van der Waals surface area contributed by atoms with Crippen LogP contribution >= 0.6 is 0 Å². The van der Waals surface area contributed by atoms with Gasteiger partial charge in [-0.2, -0.15) is 0 Å². The minimum absolute atomic E-state index is 0.456. The van der Waals surface area contributed by atoms with Crippen LogP contribution in [0, 0.1) is 0 Å². The van der Waals surface area contributed by atoms with Gasteiger partial charge >= 0.3 is 0 Å². The topological polar surface area (TPSA) is 30.8 Å². The van der Waals surface area contributed by atoms with Crippen LogP contribution in [0.1, 0.15) is 13.8 Å². The standard InChI is InChI=1S/C15H17NO2/c1-12(2)16-18-10-9-17-15-8-7-13-5-3-4-6-14(13)11-15/h3-8,11H,9-10H2,1-2H3. The predicted octanol–water partition coefficient (Wildman–Crippen LogP) is 3.63. The lowest BCUT2D eigenvalue weighted by molar-refractivity contribution is 0.107. The van der Waals surface area contributed by atoms with Crippen LogP contribution in [0.15, 0.2) is 47.6 Å². The van der Waals surface area contributed by atoms with E-state index in [-0.39, 0.29) is 0 Å². The van der Waals surface area contributed by atoms with Crippen LogP contribution in [0.4, 0.5) is 0 Å². The highest BCUT2D eigenvalue weighted by atomic mass is 16.6. The van der Waals surface area contributed by atoms with Gasteiger partial charge in [-0.3, -0.25) is 0 Å². The molecule has 0 aliphatic heterocycles. The van der Waals surface area contributed by atoms with Crippen molar-refractivity contribution in [3.05, 3.63) is 42.5 Å². The number of ether oxygens (including phenoxy) is 1. The van der Waals surface area contributed by atoms with Crippen molar-refractivity contribution in [2.45, 2.75) is 13.8 Å². The van der Waals surface area contributed by atoms with Crippen LogP contribution in [0.5, 0.6) is 5.75 Å². The van der Waals surface area contributed by atoms with E-state index in [1.165, 1.54) is 10.8 Å². The van der Waals surface area contributed by atoms with Crippen LogP contribution in [0.25, 0.3) is 10.8 Å². The van der Waals surface area contributed by atoms with E-state index in [9.17, 15) is 0 Å². The molecule has 0 saturated heterocycles. The molecule has 0 fully saturated rings. The Morgan fingerprint density at radius 3 is 2.56 bits per heavy atom. The lowest BCUT2D eigenvalue weighted by Gasteiger charge is -2.06. The molecule has 18 heavy (non-hydrogen) atoms. The summed E-state index contributed by atoms with van der Waals surface area (Å²) in [6.45, 7) is 4.74. The molecule has 2 aromatic carbocycles. The third kappa shape index (κ3) is 3.48. The van der Waals surface area contributed by atoms with Crippen LogP contribution in [-0.2, 0) is 4.84 Å². The first-order valence-electron chi connectivity index (χ1n) is 6.00. The molecule has 3 heteroatoms. The molecule has 0 unspecified atom stereocenters. The lowest BCUT2D eigenvalue weighted by Crippen LogP contribution is -2.04. The SMILES string of the molecule is CC(C)=NOCCOc1ccc2ccccc2c1. The van der Waals surface area contributed by atoms with Gasteiger partial charge in [0.1, 0.15) is 12.4 Å². The summed E-state index contributed by atoms with van der Waals surface area (Å²) in [5.74, 6) is 0.856. The van der Waals surface area contributed by atoms with Gasteiger partial charge in [0, 0.05) is 0 Å². The second kappa shape index (κ2) is 6.05. The fraction of sp³-hybridized carbons (Fsp3) is 0.267. The molecule has 0 spiro atoms. The molecule has 0 saturated carbocycles. The number of fused-ring (bicyclic) bond motifs is 1. The van der Waals surface area contributed by atoms with E-state index < -0.39 is 0 Å². The van der Waals surface area contributed by atoms with Crippen LogP contribution in [0.2, 0.25) is 0 Å². The third-order valence-electron chi connectivity index (χ3n) is 2.41. The zero-order valence-electron chi connectivity index (χ0n) is 10.7. The zero-order valence-corrected chi connectivity index (χ0v) is 10.7. The van der Waals surface area contributed by atoms with Crippen molar-refractivity contribution >= 4 is 16.5 Å². The second-order valence-electron chi connectivity index (χ2n) is 4.23. The van der Waals surface area contributed by atoms with E-state index in [1.807, 2.05) is 38.1 Å². The van der Waals surface area contributed by atoms with E-state index in [0.717, 1.165) is 11.5 Å². The summed E-state index contributed by atoms with van der Waals surface area (Å²) in [6.07, 6.45) is 0. The van der Waals surface area contributed by atoms with E-state index in [0.29, 0.717) is 13.2 Å². The number of benzene rings is 2. The predicted molar refractivity (Wildman–Crippen MR) is 74.2 cm³/mol. The van der Waals surface area contributed by atoms with Gasteiger partial charge in [0.2, 0.25) is 0 Å². The van der Waals surface area contributed by atoms with Crippen molar-refractivity contribution < 1.29 is 9.57 Å². The first-order chi connectivity index (χ1) is 8.75. The molecule has 0 bridgehead atoms. The number of nitrogens with zero attached hydrogens (tertiary/aromatic N) is 1. The van der Waals surface area contributed by atoms with Crippen molar-refractivity contribution in [3.63, 3.8) is 0 Å². The molecule has 0 radical (unpaired) electrons. The number of hydrogen-bond donors (Lipinski definition) is 0. The van der Waals surface area contributed by atoms with E-state index >= 15 is 0 Å². The number of rotatable bonds is 5. The molecule has 0 aliphatic carbocycles. The Morgan fingerprint density at radius 2 is 1.78 bits per heavy atom. The van der Waals surface area contributed by atoms with Crippen LogP contribution < -0.4 is 4.74 Å². The zero-order chi connectivity index (χ0) is 12.8. The Hall–Kier alpha value is -2.03. The Balaban J connectivity index is 1.90. The van der Waals surface area contributed by atoms with E-state index in [1.54, 1.807) is 0 Å². The molecule has 0 atom stereocenters. The molecule has 94 valence electrons. The van der Waals surface area contributed by atoms with Gasteiger partial charge in [-0.1, -0.05) is 35.5 Å². The highest BCUT2D eigenvalue weighted by Gasteiger charge is 1.96. The van der Waals surface area contributed by atoms with Crippen LogP contribution in [0.3, 0.4) is 0 Å². The van der Waals surface area contributed by atoms with Crippen molar-refractivity contribution in [1.29, 1.82) is 0 Å². The van der Waals surface area contributed by atoms with Gasteiger partial charge in [-0.15, -0.1) is 0 Å². The number of oxime groups is 1. The van der Waals surface area contributed by atoms with E-state index in [4.69, 9.17) is 9.57 Å². The summed E-state index contributed by atoms with van der Waals surface area (Å²) in [6, 6.07) is 14.3. The average Bonchev–Trinajstić information content (AvgIpc) is 2.38. The first kappa shape index (κ1) is 12.4. The largest absolute Gasteiger partial charge is 0.490 e. The average molecular weight is 243 g/mol. The molecule has 0 aliphatic rings. The minimum atomic E-state index is 0.456. The molecule has 0 N–H and O–H groups in total.